The Kier molecular flexibility index (Phi) is 5.55. The van der Waals surface area contributed by atoms with Crippen LogP contribution < -0.4 is 10.1 Å². The molecule has 4 rings (SSSR count). The molecule has 30 heavy (non-hydrogen) atoms. The first kappa shape index (κ1) is 19.7. The molecule has 0 radical (unpaired) electrons. The van der Waals surface area contributed by atoms with Crippen LogP contribution in [0.4, 0.5) is 5.69 Å². The van der Waals surface area contributed by atoms with E-state index in [4.69, 9.17) is 10.3 Å². The zero-order valence-corrected chi connectivity index (χ0v) is 17.0. The van der Waals surface area contributed by atoms with E-state index < -0.39 is 0 Å². The number of nitrogens with zero attached hydrogens (tertiary/aromatic N) is 4. The zero-order chi connectivity index (χ0) is 21.1. The number of benzene rings is 2. The van der Waals surface area contributed by atoms with Crippen LogP contribution in [-0.4, -0.2) is 17.5 Å². The molecule has 152 valence electrons. The Morgan fingerprint density at radius 2 is 2.07 bits per heavy atom. The summed E-state index contributed by atoms with van der Waals surface area (Å²) >= 11 is 0. The maximum Gasteiger partial charge on any atom is 0.255 e. The normalized spacial score (nSPS) is 14.1. The molecule has 7 heteroatoms. The van der Waals surface area contributed by atoms with E-state index >= 15 is 0 Å². The first-order valence-electron chi connectivity index (χ1n) is 10.0. The van der Waals surface area contributed by atoms with Gasteiger partial charge in [-0.15, -0.1) is 0 Å². The van der Waals surface area contributed by atoms with Gasteiger partial charge < -0.3 is 10.1 Å². The number of carbonyl (C=O) groups excluding carboxylic acids is 1. The Morgan fingerprint density at radius 3 is 2.77 bits per heavy atom. The maximum absolute atomic E-state index is 12.7. The third-order valence-corrected chi connectivity index (χ3v) is 5.38. The number of aryl methyl sites for hydroxylation is 1. The lowest BCUT2D eigenvalue weighted by atomic mass is 10.0. The van der Waals surface area contributed by atoms with Crippen molar-refractivity contribution >= 4 is 22.5 Å². The summed E-state index contributed by atoms with van der Waals surface area (Å²) in [6.07, 6.45) is 4.20. The summed E-state index contributed by atoms with van der Waals surface area (Å²) in [6.45, 7) is 4.50. The largest absolute Gasteiger partial charge is 0.493 e. The zero-order valence-electron chi connectivity index (χ0n) is 17.0. The Hall–Kier alpha value is -3.57. The molecule has 0 unspecified atom stereocenters. The van der Waals surface area contributed by atoms with Gasteiger partial charge in [0.1, 0.15) is 5.75 Å². The molecule has 0 saturated heterocycles. The van der Waals surface area contributed by atoms with Crippen LogP contribution in [-0.2, 0) is 0 Å². The third kappa shape index (κ3) is 4.36. The molecule has 7 nitrogen and oxygen atoms in total. The number of nitrogens with one attached hydrogen (secondary N) is 1. The standard InChI is InChI=1S/C23H23N5O2/c1-14-21(10-7-18-11-19(12-25-22(14)18)15(2)27-28-24)26-23(29)17-5-8-20(9-6-17)30-13-16-3-4-16/h5-12,15-16H,3-4,13H2,1-2H3,(H,26,29)/t15-/m1/s1. The molecule has 1 heterocycles. The Bertz CT molecular complexity index is 1130. The molecule has 1 fully saturated rings. The van der Waals surface area contributed by atoms with Crippen LogP contribution in [0, 0.1) is 12.8 Å². The van der Waals surface area contributed by atoms with E-state index in [9.17, 15) is 4.79 Å². The van der Waals surface area contributed by atoms with Crippen LogP contribution in [0.3, 0.4) is 0 Å². The monoisotopic (exact) mass is 401 g/mol. The minimum absolute atomic E-state index is 0.181. The maximum atomic E-state index is 12.7. The number of carbonyl (C=O) groups is 1. The second-order valence-electron chi connectivity index (χ2n) is 7.69. The summed E-state index contributed by atoms with van der Waals surface area (Å²) in [7, 11) is 0. The molecule has 3 aromatic rings. The highest BCUT2D eigenvalue weighted by atomic mass is 16.5. The molecule has 1 atom stereocenters. The van der Waals surface area contributed by atoms with E-state index in [2.05, 4.69) is 20.3 Å². The van der Waals surface area contributed by atoms with Gasteiger partial charge in [0.2, 0.25) is 0 Å². The van der Waals surface area contributed by atoms with E-state index in [1.54, 1.807) is 18.3 Å². The molecule has 0 spiro atoms. The van der Waals surface area contributed by atoms with Crippen molar-refractivity contribution in [3.63, 3.8) is 0 Å². The average molecular weight is 401 g/mol. The summed E-state index contributed by atoms with van der Waals surface area (Å²) in [5.41, 5.74) is 12.4. The topological polar surface area (TPSA) is 100.0 Å². The van der Waals surface area contributed by atoms with Crippen LogP contribution >= 0.6 is 0 Å². The minimum Gasteiger partial charge on any atom is -0.493 e. The molecule has 0 aliphatic heterocycles. The summed E-state index contributed by atoms with van der Waals surface area (Å²) < 4.78 is 5.73. The number of azide groups is 1. The second-order valence-corrected chi connectivity index (χ2v) is 7.69. The fraction of sp³-hybridized carbons (Fsp3) is 0.304. The van der Waals surface area contributed by atoms with Crippen molar-refractivity contribution in [3.8, 4) is 5.75 Å². The van der Waals surface area contributed by atoms with Crippen molar-refractivity contribution in [2.24, 2.45) is 11.0 Å². The first-order valence-corrected chi connectivity index (χ1v) is 10.0. The van der Waals surface area contributed by atoms with Gasteiger partial charge >= 0.3 is 0 Å². The number of aromatic nitrogens is 1. The number of rotatable bonds is 7. The number of hydrogen-bond donors (Lipinski definition) is 1. The molecule has 1 amide bonds. The van der Waals surface area contributed by atoms with Crippen molar-refractivity contribution < 1.29 is 9.53 Å². The fourth-order valence-corrected chi connectivity index (χ4v) is 3.27. The van der Waals surface area contributed by atoms with E-state index in [1.807, 2.05) is 44.2 Å². The van der Waals surface area contributed by atoms with Crippen LogP contribution in [0.5, 0.6) is 5.75 Å². The highest BCUT2D eigenvalue weighted by Crippen LogP contribution is 2.30. The number of pyridine rings is 1. The third-order valence-electron chi connectivity index (χ3n) is 5.38. The predicted octanol–water partition coefficient (Wildman–Crippen LogP) is 5.96. The number of fused-ring (bicyclic) bond motifs is 1. The SMILES string of the molecule is Cc1c(NC(=O)c2ccc(OCC3CC3)cc2)ccc2cc([C@@H](C)N=[N+]=[N-])cnc12. The highest BCUT2D eigenvalue weighted by molar-refractivity contribution is 6.06. The van der Waals surface area contributed by atoms with Crippen LogP contribution in [0.15, 0.2) is 53.8 Å². The molecular formula is C23H23N5O2. The van der Waals surface area contributed by atoms with Gasteiger partial charge in [0.15, 0.2) is 0 Å². The Morgan fingerprint density at radius 1 is 1.30 bits per heavy atom. The number of ether oxygens (including phenoxy) is 1. The Labute approximate surface area is 174 Å². The van der Waals surface area contributed by atoms with Crippen molar-refractivity contribution in [3.05, 3.63) is 75.8 Å². The van der Waals surface area contributed by atoms with Crippen molar-refractivity contribution in [2.45, 2.75) is 32.7 Å². The van der Waals surface area contributed by atoms with Gasteiger partial charge in [0.05, 0.1) is 18.2 Å². The molecule has 1 aromatic heterocycles. The summed E-state index contributed by atoms with van der Waals surface area (Å²) in [5.74, 6) is 1.30. The molecule has 1 saturated carbocycles. The first-order chi connectivity index (χ1) is 14.5. The van der Waals surface area contributed by atoms with E-state index in [0.717, 1.165) is 34.4 Å². The minimum atomic E-state index is -0.289. The fourth-order valence-electron chi connectivity index (χ4n) is 3.27. The van der Waals surface area contributed by atoms with Gasteiger partial charge in [-0.1, -0.05) is 18.1 Å². The van der Waals surface area contributed by atoms with Crippen LogP contribution in [0.25, 0.3) is 21.3 Å². The average Bonchev–Trinajstić information content (AvgIpc) is 3.59. The molecule has 0 bridgehead atoms. The van der Waals surface area contributed by atoms with Gasteiger partial charge in [-0.25, -0.2) is 0 Å². The van der Waals surface area contributed by atoms with E-state index in [1.165, 1.54) is 12.8 Å². The molecule has 2 aromatic carbocycles. The molecule has 1 aliphatic carbocycles. The summed E-state index contributed by atoms with van der Waals surface area (Å²) in [5, 5.41) is 7.62. The van der Waals surface area contributed by atoms with Crippen molar-refractivity contribution in [1.82, 2.24) is 4.98 Å². The van der Waals surface area contributed by atoms with Gasteiger partial charge in [-0.3, -0.25) is 9.78 Å². The quantitative estimate of drug-likeness (QED) is 0.300. The predicted molar refractivity (Wildman–Crippen MR) is 117 cm³/mol. The summed E-state index contributed by atoms with van der Waals surface area (Å²) in [4.78, 5) is 20.1. The Balaban J connectivity index is 1.49. The van der Waals surface area contributed by atoms with Crippen molar-refractivity contribution in [2.75, 3.05) is 11.9 Å². The van der Waals surface area contributed by atoms with Gasteiger partial charge in [-0.05, 0) is 78.7 Å². The number of amides is 1. The van der Waals surface area contributed by atoms with Gasteiger partial charge in [0.25, 0.3) is 5.91 Å². The lowest BCUT2D eigenvalue weighted by molar-refractivity contribution is 0.102. The molecular weight excluding hydrogens is 378 g/mol. The lowest BCUT2D eigenvalue weighted by Gasteiger charge is -2.13. The van der Waals surface area contributed by atoms with E-state index in [0.29, 0.717) is 17.2 Å². The van der Waals surface area contributed by atoms with Crippen LogP contribution in [0.1, 0.15) is 47.3 Å². The second kappa shape index (κ2) is 8.43. The number of hydrogen-bond acceptors (Lipinski definition) is 4. The molecule has 1 aliphatic rings. The van der Waals surface area contributed by atoms with Crippen molar-refractivity contribution in [1.29, 1.82) is 0 Å². The summed E-state index contributed by atoms with van der Waals surface area (Å²) in [6, 6.07) is 12.7. The number of anilines is 1. The molecule has 1 N–H and O–H groups in total. The van der Waals surface area contributed by atoms with Gasteiger partial charge in [-0.2, -0.15) is 0 Å². The lowest BCUT2D eigenvalue weighted by Crippen LogP contribution is -2.13. The smallest absolute Gasteiger partial charge is 0.255 e. The highest BCUT2D eigenvalue weighted by Gasteiger charge is 2.21. The van der Waals surface area contributed by atoms with Gasteiger partial charge in [0, 0.05) is 27.7 Å². The van der Waals surface area contributed by atoms with Crippen LogP contribution in [0.2, 0.25) is 0 Å². The van der Waals surface area contributed by atoms with E-state index in [-0.39, 0.29) is 11.9 Å².